The van der Waals surface area contributed by atoms with Crippen LogP contribution in [0.4, 0.5) is 4.39 Å². The van der Waals surface area contributed by atoms with Gasteiger partial charge in [0.2, 0.25) is 0 Å². The lowest BCUT2D eigenvalue weighted by Gasteiger charge is -2.10. The summed E-state index contributed by atoms with van der Waals surface area (Å²) in [7, 11) is -2.97. The Bertz CT molecular complexity index is 488. The molecule has 0 spiro atoms. The standard InChI is InChI=1S/C12H18FNO3S/c1-18(15,16)8-2-7-17-12-4-3-11(13)9-10(12)5-6-14/h3-4,9H,2,5-8,14H2,1H3. The molecular formula is C12H18FNO3S. The van der Waals surface area contributed by atoms with Crippen molar-refractivity contribution in [1.29, 1.82) is 0 Å². The first-order valence-electron chi connectivity index (χ1n) is 5.71. The van der Waals surface area contributed by atoms with E-state index >= 15 is 0 Å². The van der Waals surface area contributed by atoms with Gasteiger partial charge in [0.25, 0.3) is 0 Å². The van der Waals surface area contributed by atoms with Crippen LogP contribution in [-0.2, 0) is 16.3 Å². The largest absolute Gasteiger partial charge is 0.493 e. The fraction of sp³-hybridized carbons (Fsp3) is 0.500. The zero-order chi connectivity index (χ0) is 13.6. The third kappa shape index (κ3) is 5.46. The van der Waals surface area contributed by atoms with Crippen molar-refractivity contribution in [3.63, 3.8) is 0 Å². The van der Waals surface area contributed by atoms with Gasteiger partial charge in [-0.3, -0.25) is 0 Å². The molecule has 0 radical (unpaired) electrons. The molecule has 1 aromatic carbocycles. The van der Waals surface area contributed by atoms with Crippen molar-refractivity contribution in [2.45, 2.75) is 12.8 Å². The van der Waals surface area contributed by atoms with Crippen molar-refractivity contribution < 1.29 is 17.5 Å². The number of sulfone groups is 1. The molecule has 18 heavy (non-hydrogen) atoms. The van der Waals surface area contributed by atoms with E-state index in [1.165, 1.54) is 18.4 Å². The van der Waals surface area contributed by atoms with Crippen LogP contribution in [0.3, 0.4) is 0 Å². The highest BCUT2D eigenvalue weighted by molar-refractivity contribution is 7.90. The van der Waals surface area contributed by atoms with Gasteiger partial charge >= 0.3 is 0 Å². The van der Waals surface area contributed by atoms with Gasteiger partial charge in [-0.2, -0.15) is 0 Å². The van der Waals surface area contributed by atoms with Crippen molar-refractivity contribution in [2.75, 3.05) is 25.2 Å². The molecule has 0 unspecified atom stereocenters. The summed E-state index contributed by atoms with van der Waals surface area (Å²) in [6, 6.07) is 4.24. The van der Waals surface area contributed by atoms with Gasteiger partial charge in [0.1, 0.15) is 21.4 Å². The van der Waals surface area contributed by atoms with Gasteiger partial charge in [0.15, 0.2) is 0 Å². The minimum absolute atomic E-state index is 0.0837. The van der Waals surface area contributed by atoms with E-state index in [9.17, 15) is 12.8 Å². The van der Waals surface area contributed by atoms with Crippen molar-refractivity contribution in [1.82, 2.24) is 0 Å². The zero-order valence-corrected chi connectivity index (χ0v) is 11.2. The lowest BCUT2D eigenvalue weighted by Crippen LogP contribution is -2.10. The Morgan fingerprint density at radius 1 is 1.39 bits per heavy atom. The predicted molar refractivity (Wildman–Crippen MR) is 69.0 cm³/mol. The second-order valence-corrected chi connectivity index (χ2v) is 6.38. The molecule has 0 saturated carbocycles. The van der Waals surface area contributed by atoms with Crippen molar-refractivity contribution in [3.05, 3.63) is 29.6 Å². The van der Waals surface area contributed by atoms with Crippen LogP contribution < -0.4 is 10.5 Å². The van der Waals surface area contributed by atoms with Gasteiger partial charge in [-0.1, -0.05) is 0 Å². The molecule has 0 atom stereocenters. The maximum Gasteiger partial charge on any atom is 0.147 e. The fourth-order valence-electron chi connectivity index (χ4n) is 1.54. The third-order valence-corrected chi connectivity index (χ3v) is 3.38. The first-order chi connectivity index (χ1) is 8.42. The highest BCUT2D eigenvalue weighted by atomic mass is 32.2. The number of benzene rings is 1. The molecule has 0 aliphatic heterocycles. The van der Waals surface area contributed by atoms with Crippen LogP contribution in [0.5, 0.6) is 5.75 Å². The van der Waals surface area contributed by atoms with Gasteiger partial charge in [-0.15, -0.1) is 0 Å². The minimum Gasteiger partial charge on any atom is -0.493 e. The zero-order valence-electron chi connectivity index (χ0n) is 10.4. The van der Waals surface area contributed by atoms with E-state index in [0.29, 0.717) is 30.7 Å². The van der Waals surface area contributed by atoms with Crippen LogP contribution in [0.2, 0.25) is 0 Å². The number of halogens is 1. The lowest BCUT2D eigenvalue weighted by molar-refractivity contribution is 0.314. The van der Waals surface area contributed by atoms with E-state index in [1.807, 2.05) is 0 Å². The smallest absolute Gasteiger partial charge is 0.147 e. The van der Waals surface area contributed by atoms with Gasteiger partial charge in [0.05, 0.1) is 12.4 Å². The Hall–Kier alpha value is -1.14. The topological polar surface area (TPSA) is 69.4 Å². The number of rotatable bonds is 7. The van der Waals surface area contributed by atoms with Gasteiger partial charge < -0.3 is 10.5 Å². The van der Waals surface area contributed by atoms with E-state index < -0.39 is 9.84 Å². The van der Waals surface area contributed by atoms with E-state index in [2.05, 4.69) is 0 Å². The highest BCUT2D eigenvalue weighted by Gasteiger charge is 2.06. The summed E-state index contributed by atoms with van der Waals surface area (Å²) in [5.74, 6) is 0.317. The second kappa shape index (κ2) is 6.70. The Balaban J connectivity index is 2.56. The maximum atomic E-state index is 13.0. The van der Waals surface area contributed by atoms with Gasteiger partial charge in [-0.05, 0) is 43.1 Å². The summed E-state index contributed by atoms with van der Waals surface area (Å²) in [5, 5.41) is 0. The number of hydrogen-bond acceptors (Lipinski definition) is 4. The monoisotopic (exact) mass is 275 g/mol. The summed E-state index contributed by atoms with van der Waals surface area (Å²) in [6.45, 7) is 0.694. The van der Waals surface area contributed by atoms with Gasteiger partial charge in [-0.25, -0.2) is 12.8 Å². The quantitative estimate of drug-likeness (QED) is 0.758. The highest BCUT2D eigenvalue weighted by Crippen LogP contribution is 2.20. The predicted octanol–water partition coefficient (Wildman–Crippen LogP) is 1.14. The molecule has 0 aliphatic rings. The van der Waals surface area contributed by atoms with Crippen LogP contribution in [0.1, 0.15) is 12.0 Å². The van der Waals surface area contributed by atoms with E-state index in [1.54, 1.807) is 6.07 Å². The Morgan fingerprint density at radius 2 is 2.11 bits per heavy atom. The molecule has 0 aromatic heterocycles. The van der Waals surface area contributed by atoms with Crippen LogP contribution >= 0.6 is 0 Å². The second-order valence-electron chi connectivity index (χ2n) is 4.12. The molecule has 102 valence electrons. The Kier molecular flexibility index (Phi) is 5.55. The van der Waals surface area contributed by atoms with E-state index in [0.717, 1.165) is 0 Å². The molecule has 0 heterocycles. The average Bonchev–Trinajstić information content (AvgIpc) is 2.26. The van der Waals surface area contributed by atoms with Crippen LogP contribution in [-0.4, -0.2) is 33.6 Å². The molecule has 4 nitrogen and oxygen atoms in total. The maximum absolute atomic E-state index is 13.0. The van der Waals surface area contributed by atoms with Crippen molar-refractivity contribution >= 4 is 9.84 Å². The molecule has 2 N–H and O–H groups in total. The molecule has 0 bridgehead atoms. The van der Waals surface area contributed by atoms with E-state index in [4.69, 9.17) is 10.5 Å². The van der Waals surface area contributed by atoms with Crippen molar-refractivity contribution in [3.8, 4) is 5.75 Å². The van der Waals surface area contributed by atoms with E-state index in [-0.39, 0.29) is 18.2 Å². The first-order valence-corrected chi connectivity index (χ1v) is 7.77. The minimum atomic E-state index is -2.97. The fourth-order valence-corrected chi connectivity index (χ4v) is 2.19. The molecule has 0 fully saturated rings. The number of nitrogens with two attached hydrogens (primary N) is 1. The summed E-state index contributed by atoms with van der Waals surface area (Å²) in [5.41, 5.74) is 6.14. The van der Waals surface area contributed by atoms with Crippen LogP contribution in [0.25, 0.3) is 0 Å². The molecule has 0 saturated heterocycles. The Morgan fingerprint density at radius 3 is 2.72 bits per heavy atom. The van der Waals surface area contributed by atoms with Gasteiger partial charge in [0, 0.05) is 6.26 Å². The first kappa shape index (κ1) is 14.9. The SMILES string of the molecule is CS(=O)(=O)CCCOc1ccc(F)cc1CCN. The number of hydrogen-bond donors (Lipinski definition) is 1. The van der Waals surface area contributed by atoms with Crippen LogP contribution in [0.15, 0.2) is 18.2 Å². The summed E-state index contributed by atoms with van der Waals surface area (Å²) < 4.78 is 40.4. The number of ether oxygens (including phenoxy) is 1. The van der Waals surface area contributed by atoms with Crippen LogP contribution in [0, 0.1) is 5.82 Å². The Labute approximate surface area is 107 Å². The summed E-state index contributed by atoms with van der Waals surface area (Å²) in [6.07, 6.45) is 2.13. The van der Waals surface area contributed by atoms with Crippen molar-refractivity contribution in [2.24, 2.45) is 5.73 Å². The molecule has 0 amide bonds. The molecule has 1 rings (SSSR count). The molecular weight excluding hydrogens is 257 g/mol. The lowest BCUT2D eigenvalue weighted by atomic mass is 10.1. The third-order valence-electron chi connectivity index (χ3n) is 2.35. The molecule has 6 heteroatoms. The summed E-state index contributed by atoms with van der Waals surface area (Å²) in [4.78, 5) is 0. The average molecular weight is 275 g/mol. The molecule has 0 aliphatic carbocycles. The molecule has 1 aromatic rings. The summed E-state index contributed by atoms with van der Waals surface area (Å²) >= 11 is 0. The normalized spacial score (nSPS) is 11.5.